The van der Waals surface area contributed by atoms with Gasteiger partial charge < -0.3 is 45.5 Å². The van der Waals surface area contributed by atoms with Crippen LogP contribution in [0.25, 0.3) is 22.1 Å². The number of rotatable bonds is 14. The lowest BCUT2D eigenvalue weighted by molar-refractivity contribution is -0.140. The Balaban J connectivity index is 0.000000176. The smallest absolute Gasteiger partial charge is 0.418 e. The Bertz CT molecular complexity index is 4790. The summed E-state index contributed by atoms with van der Waals surface area (Å²) >= 11 is 5.87. The summed E-state index contributed by atoms with van der Waals surface area (Å²) in [6, 6.07) is 22.5. The van der Waals surface area contributed by atoms with Crippen molar-refractivity contribution < 1.29 is 81.8 Å². The van der Waals surface area contributed by atoms with Crippen molar-refractivity contribution in [1.82, 2.24) is 49.0 Å². The van der Waals surface area contributed by atoms with Crippen LogP contribution in [0, 0.1) is 11.8 Å². The van der Waals surface area contributed by atoms with E-state index < -0.39 is 130 Å². The first-order valence-corrected chi connectivity index (χ1v) is 41.3. The van der Waals surface area contributed by atoms with Crippen molar-refractivity contribution in [2.75, 3.05) is 23.7 Å². The van der Waals surface area contributed by atoms with E-state index >= 15 is 0 Å². The molecule has 0 spiro atoms. The predicted octanol–water partition coefficient (Wildman–Crippen LogP) is 12.0. The number of aromatic nitrogens is 4. The number of allylic oxidation sites excluding steroid dienone is 2. The van der Waals surface area contributed by atoms with E-state index in [2.05, 4.69) is 40.7 Å². The number of alkyl halides is 6. The Morgan fingerprint density at radius 1 is 0.577 bits per heavy atom. The fraction of sp³-hybridized carbons (Fsp3) is 0.538. The number of sulfonamides is 2. The zero-order valence-corrected chi connectivity index (χ0v) is 64.9. The summed E-state index contributed by atoms with van der Waals surface area (Å²) in [5.41, 5.74) is -2.87. The van der Waals surface area contributed by atoms with Gasteiger partial charge in [-0.25, -0.2) is 21.8 Å². The van der Waals surface area contributed by atoms with Crippen LogP contribution >= 0.6 is 11.6 Å². The average molecular weight is 1610 g/mol. The highest BCUT2D eigenvalue weighted by atomic mass is 35.5. The maximum absolute atomic E-state index is 14.6. The number of amides is 6. The number of aliphatic hydroxyl groups is 1. The minimum absolute atomic E-state index is 0.0130. The number of imidazole rings is 2. The second-order valence-corrected chi connectivity index (χ2v) is 36.2. The van der Waals surface area contributed by atoms with Gasteiger partial charge in [0.25, 0.3) is 17.8 Å². The highest BCUT2D eigenvalue weighted by molar-refractivity contribution is 7.92. The van der Waals surface area contributed by atoms with E-state index in [4.69, 9.17) is 16.3 Å². The first kappa shape index (κ1) is 81.7. The van der Waals surface area contributed by atoms with Crippen LogP contribution in [0.15, 0.2) is 121 Å². The zero-order valence-electron chi connectivity index (χ0n) is 62.5. The standard InChI is InChI=1S/C39H47F3N6O6S.C28H38N4O6S.C11H10ClF3N2/c1-24(2)48-30-18-12-16-28(39(40,41)42)32(30)44-36(48)54-27-21-31-33(49)45-38(35(51)46-55(52,53)37(3)19-20-37)22-25(38)13-8-5-4-6-11-17-29(34(50)47(31)23-27)43-26-14-9-7-10-15-26;1-27(14-15-27)39(37,38)31-26(36)28-17-19(28)10-6-3-2-4-9-13-22(29-20-11-7-5-8-12-20)25(35)32-18-21(33)16-23(32)24(34)30-28;1-6(2)17-8-5-3-4-7(11(13,14)15)9(8)16-10(17)12/h7-10,12-16,18,24-25,27,29,31,43H,4-6,11,17,19-23H2,1-3H3,(H,45,49)(H,46,51);5-8,10-12,19,21-23,29,33H,2-4,9,13-18H2,1H3,(H,30,34)(H,31,36);3-6H,1-2H3/b13-8-;10-6-;/t25-,27-,29+,31+,38-;19-,21-,22+,23+,28-;/m11./s1. The van der Waals surface area contributed by atoms with Crippen molar-refractivity contribution in [1.29, 1.82) is 0 Å². The van der Waals surface area contributed by atoms with Gasteiger partial charge in [-0.3, -0.25) is 42.8 Å². The number of hydrogen-bond donors (Lipinski definition) is 7. The van der Waals surface area contributed by atoms with Crippen molar-refractivity contribution in [2.24, 2.45) is 11.8 Å². The number of benzene rings is 4. The molecule has 6 heterocycles. The van der Waals surface area contributed by atoms with Gasteiger partial charge in [-0.15, -0.1) is 0 Å². The molecular weight excluding hydrogens is 1510 g/mol. The molecule has 6 aromatic rings. The summed E-state index contributed by atoms with van der Waals surface area (Å²) in [4.78, 5) is 94.6. The molecule has 0 bridgehead atoms. The highest BCUT2D eigenvalue weighted by Crippen LogP contribution is 2.50. The number of carbonyl (C=O) groups excluding carboxylic acids is 6. The van der Waals surface area contributed by atoms with Gasteiger partial charge in [0.2, 0.25) is 49.0 Å². The van der Waals surface area contributed by atoms with E-state index in [1.165, 1.54) is 28.0 Å². The molecule has 6 fully saturated rings. The molecule has 2 aromatic heterocycles. The molecule has 4 aliphatic carbocycles. The Morgan fingerprint density at radius 2 is 1.00 bits per heavy atom. The van der Waals surface area contributed by atoms with Crippen LogP contribution in [-0.2, 0) is 61.2 Å². The second-order valence-electron chi connectivity index (χ2n) is 31.5. The molecule has 4 aliphatic heterocycles. The third-order valence-corrected chi connectivity index (χ3v) is 27.1. The maximum Gasteiger partial charge on any atom is 0.418 e. The van der Waals surface area contributed by atoms with Crippen LogP contribution in [0.3, 0.4) is 0 Å². The van der Waals surface area contributed by atoms with E-state index in [1.807, 2.05) is 98.8 Å². The summed E-state index contributed by atoms with van der Waals surface area (Å²) in [7, 11) is -7.91. The Labute approximate surface area is 645 Å². The normalized spacial score (nSPS) is 27.4. The summed E-state index contributed by atoms with van der Waals surface area (Å²) < 4.78 is 144. The van der Waals surface area contributed by atoms with Crippen LogP contribution in [-0.4, -0.2) is 156 Å². The van der Waals surface area contributed by atoms with Crippen molar-refractivity contribution in [3.8, 4) is 6.01 Å². The van der Waals surface area contributed by atoms with Crippen LogP contribution in [0.4, 0.5) is 37.7 Å². The van der Waals surface area contributed by atoms with Crippen molar-refractivity contribution in [3.05, 3.63) is 138 Å². The third-order valence-electron chi connectivity index (χ3n) is 22.5. The average Bonchev–Trinajstić information content (AvgIpc) is 1.55. The summed E-state index contributed by atoms with van der Waals surface area (Å²) in [6.07, 6.45) is 6.55. The second kappa shape index (κ2) is 32.0. The first-order chi connectivity index (χ1) is 52.4. The van der Waals surface area contributed by atoms with Crippen molar-refractivity contribution >= 4 is 101 Å². The number of aliphatic hydroxyl groups excluding tert-OH is 1. The number of nitrogens with one attached hydrogen (secondary N) is 6. The van der Waals surface area contributed by atoms with Crippen LogP contribution in [0.2, 0.25) is 5.28 Å². The third kappa shape index (κ3) is 17.7. The first-order valence-electron chi connectivity index (χ1n) is 37.9. The van der Waals surface area contributed by atoms with E-state index in [0.29, 0.717) is 62.6 Å². The lowest BCUT2D eigenvalue weighted by Crippen LogP contribution is -2.58. The summed E-state index contributed by atoms with van der Waals surface area (Å²) in [5, 5.41) is 22.9. The molecule has 7 N–H and O–H groups in total. The van der Waals surface area contributed by atoms with Gasteiger partial charge in [0.1, 0.15) is 52.4 Å². The molecular formula is C78H95ClF6N12O12S2. The molecule has 0 radical (unpaired) electrons. The van der Waals surface area contributed by atoms with Gasteiger partial charge in [-0.1, -0.05) is 98.5 Å². The SMILES string of the molecule is CC(C)n1c(Cl)nc2c(C(F)(F)F)cccc21.CC(C)n1c(O[C@@H]2C[C@H]3C(=O)N[C@]4(C(=O)NS(=O)(=O)C5(C)CC5)C[C@H]4/C=C\CCCCC[C@H](Nc4ccccc4)C(=O)N3C2)nc2c(C(F)(F)F)cccc21.CC1(S(=O)(=O)NC(=O)[C@@]23C[C@H]2/C=C\CCCCC[C@H](Nc2ccccc2)C(=O)N2C[C@H](O)C[C@H]2C(=O)N3)CC1. The molecule has 4 aromatic carbocycles. The van der Waals surface area contributed by atoms with Crippen LogP contribution in [0.5, 0.6) is 6.01 Å². The molecule has 24 nitrogen and oxygen atoms in total. The van der Waals surface area contributed by atoms with Gasteiger partial charge in [0.15, 0.2) is 0 Å². The molecule has 10 atom stereocenters. The number of fused-ring (bicyclic) bond motifs is 6. The molecule has 14 rings (SSSR count). The monoisotopic (exact) mass is 1600 g/mol. The van der Waals surface area contributed by atoms with Crippen molar-refractivity contribution in [3.63, 3.8) is 0 Å². The minimum atomic E-state index is -4.66. The molecule has 0 unspecified atom stereocenters. The number of anilines is 2. The molecule has 33 heteroatoms. The quantitative estimate of drug-likeness (QED) is 0.0394. The Kier molecular flexibility index (Phi) is 23.6. The largest absolute Gasteiger partial charge is 0.459 e. The molecule has 4 saturated carbocycles. The van der Waals surface area contributed by atoms with E-state index in [1.54, 1.807) is 42.9 Å². The van der Waals surface area contributed by atoms with E-state index in [0.717, 1.165) is 56.3 Å². The topological polar surface area (TPSA) is 314 Å². The summed E-state index contributed by atoms with van der Waals surface area (Å²) in [6.45, 7) is 10.4. The predicted molar refractivity (Wildman–Crippen MR) is 405 cm³/mol. The van der Waals surface area contributed by atoms with E-state index in [9.17, 15) is 77.1 Å². The number of carbonyl (C=O) groups is 6. The minimum Gasteiger partial charge on any atom is -0.459 e. The lowest BCUT2D eigenvalue weighted by atomic mass is 10.0. The van der Waals surface area contributed by atoms with Gasteiger partial charge >= 0.3 is 12.4 Å². The fourth-order valence-electron chi connectivity index (χ4n) is 15.2. The van der Waals surface area contributed by atoms with E-state index in [-0.39, 0.29) is 96.4 Å². The Morgan fingerprint density at radius 3 is 1.43 bits per heavy atom. The number of para-hydroxylation sites is 4. The van der Waals surface area contributed by atoms with Crippen molar-refractivity contribution in [2.45, 2.75) is 239 Å². The zero-order chi connectivity index (χ0) is 80.0. The van der Waals surface area contributed by atoms with Gasteiger partial charge in [-0.2, -0.15) is 31.3 Å². The van der Waals surface area contributed by atoms with Gasteiger partial charge in [0.05, 0.1) is 44.3 Å². The maximum atomic E-state index is 14.6. The number of nitrogens with zero attached hydrogens (tertiary/aromatic N) is 6. The lowest BCUT2D eigenvalue weighted by Gasteiger charge is -2.30. The molecule has 111 heavy (non-hydrogen) atoms. The van der Waals surface area contributed by atoms with Crippen LogP contribution < -0.4 is 35.4 Å². The number of ether oxygens (including phenoxy) is 1. The highest BCUT2D eigenvalue weighted by Gasteiger charge is 2.65. The van der Waals surface area contributed by atoms with Gasteiger partial charge in [0, 0.05) is 54.7 Å². The summed E-state index contributed by atoms with van der Waals surface area (Å²) in [5.74, 6) is -4.28. The molecule has 6 amide bonds. The number of hydrogen-bond acceptors (Lipinski definition) is 16. The molecule has 600 valence electrons. The number of halogens is 7. The van der Waals surface area contributed by atoms with Gasteiger partial charge in [-0.05, 0) is 179 Å². The molecule has 8 aliphatic rings. The van der Waals surface area contributed by atoms with Crippen LogP contribution in [0.1, 0.15) is 180 Å². The fourth-order valence-corrected chi connectivity index (χ4v) is 18.2. The Hall–Kier alpha value is -8.75. The molecule has 2 saturated heterocycles.